The van der Waals surface area contributed by atoms with Crippen LogP contribution in [0.1, 0.15) is 28.8 Å². The number of carbonyl (C=O) groups is 1. The van der Waals surface area contributed by atoms with E-state index < -0.39 is 9.84 Å². The van der Waals surface area contributed by atoms with Gasteiger partial charge in [-0.3, -0.25) is 4.79 Å². The summed E-state index contributed by atoms with van der Waals surface area (Å²) in [7, 11) is -3.73. The monoisotopic (exact) mass is 441 g/mol. The molecule has 0 fully saturated rings. The van der Waals surface area contributed by atoms with Crippen molar-refractivity contribution in [2.75, 3.05) is 11.9 Å². The molecule has 0 saturated heterocycles. The second kappa shape index (κ2) is 8.62. The minimum absolute atomic E-state index is 0.182. The first-order chi connectivity index (χ1) is 14.5. The summed E-state index contributed by atoms with van der Waals surface area (Å²) in [6.07, 6.45) is 3.53. The van der Waals surface area contributed by atoms with Crippen molar-refractivity contribution < 1.29 is 17.9 Å². The minimum atomic E-state index is -3.73. The summed E-state index contributed by atoms with van der Waals surface area (Å²) in [5.74, 6) is 0.261. The molecule has 0 atom stereocenters. The molecule has 4 rings (SSSR count). The fourth-order valence-electron chi connectivity index (χ4n) is 3.65. The Bertz CT molecular complexity index is 1170. The summed E-state index contributed by atoms with van der Waals surface area (Å²) >= 11 is 1.37. The maximum absolute atomic E-state index is 13.4. The quantitative estimate of drug-likeness (QED) is 0.597. The molecule has 0 bridgehead atoms. The van der Waals surface area contributed by atoms with Crippen molar-refractivity contribution in [1.29, 1.82) is 0 Å². The lowest BCUT2D eigenvalue weighted by atomic mass is 9.99. The molecular formula is C23H23NO4S2. The van der Waals surface area contributed by atoms with Gasteiger partial charge in [-0.1, -0.05) is 36.4 Å². The van der Waals surface area contributed by atoms with Gasteiger partial charge < -0.3 is 10.1 Å². The lowest BCUT2D eigenvalue weighted by Gasteiger charge is -2.14. The summed E-state index contributed by atoms with van der Waals surface area (Å²) in [6, 6.07) is 15.8. The molecule has 1 amide bonds. The Kier molecular flexibility index (Phi) is 5.92. The number of fused-ring (bicyclic) bond motifs is 1. The van der Waals surface area contributed by atoms with Crippen molar-refractivity contribution >= 4 is 32.1 Å². The van der Waals surface area contributed by atoms with E-state index in [0.717, 1.165) is 35.3 Å². The van der Waals surface area contributed by atoms with Crippen molar-refractivity contribution in [1.82, 2.24) is 0 Å². The average molecular weight is 442 g/mol. The van der Waals surface area contributed by atoms with E-state index in [-0.39, 0.29) is 22.3 Å². The number of nitrogens with one attached hydrogen (secondary N) is 1. The third-order valence-electron chi connectivity index (χ3n) is 5.15. The predicted molar refractivity (Wildman–Crippen MR) is 118 cm³/mol. The van der Waals surface area contributed by atoms with Crippen LogP contribution in [0, 0.1) is 6.92 Å². The molecule has 156 valence electrons. The number of thiophene rings is 1. The van der Waals surface area contributed by atoms with Crippen LogP contribution < -0.4 is 10.1 Å². The summed E-state index contributed by atoms with van der Waals surface area (Å²) in [6.45, 7) is 1.73. The fourth-order valence-corrected chi connectivity index (χ4v) is 6.96. The first-order valence-electron chi connectivity index (χ1n) is 9.90. The van der Waals surface area contributed by atoms with E-state index in [9.17, 15) is 13.2 Å². The van der Waals surface area contributed by atoms with Crippen LogP contribution >= 0.6 is 11.3 Å². The van der Waals surface area contributed by atoms with E-state index in [0.29, 0.717) is 17.2 Å². The molecule has 0 unspecified atom stereocenters. The summed E-state index contributed by atoms with van der Waals surface area (Å²) < 4.78 is 32.5. The molecule has 1 aliphatic rings. The van der Waals surface area contributed by atoms with E-state index in [4.69, 9.17) is 4.74 Å². The van der Waals surface area contributed by atoms with Crippen LogP contribution in [0.15, 0.2) is 64.4 Å². The molecule has 0 radical (unpaired) electrons. The smallest absolute Gasteiger partial charge is 0.262 e. The number of hydrogen-bond acceptors (Lipinski definition) is 5. The van der Waals surface area contributed by atoms with Gasteiger partial charge in [0.05, 0.1) is 4.90 Å². The average Bonchev–Trinajstić information content (AvgIpc) is 3.12. The Labute approximate surface area is 180 Å². The number of aryl methyl sites for hydroxylation is 2. The predicted octanol–water partition coefficient (Wildman–Crippen LogP) is 4.79. The number of benzene rings is 2. The molecule has 0 aliphatic heterocycles. The van der Waals surface area contributed by atoms with Crippen molar-refractivity contribution in [3.63, 3.8) is 0 Å². The van der Waals surface area contributed by atoms with Crippen molar-refractivity contribution in [2.24, 2.45) is 0 Å². The Morgan fingerprint density at radius 2 is 1.73 bits per heavy atom. The van der Waals surface area contributed by atoms with Gasteiger partial charge in [-0.05, 0) is 61.9 Å². The van der Waals surface area contributed by atoms with Crippen LogP contribution in [0.2, 0.25) is 0 Å². The molecule has 30 heavy (non-hydrogen) atoms. The standard InChI is InChI=1S/C23H23NO4S2/c1-16-9-5-7-13-19(16)28-15-21(25)24-23-22(18-12-6-8-14-20(18)29-23)30(26,27)17-10-3-2-4-11-17/h2-5,7,9-11,13H,6,8,12,14-15H2,1H3,(H,24,25). The SMILES string of the molecule is Cc1ccccc1OCC(=O)Nc1sc2c(c1S(=O)(=O)c1ccccc1)CCCC2. The highest BCUT2D eigenvalue weighted by atomic mass is 32.2. The van der Waals surface area contributed by atoms with Gasteiger partial charge in [0.25, 0.3) is 5.91 Å². The molecule has 3 aromatic rings. The van der Waals surface area contributed by atoms with E-state index in [1.54, 1.807) is 36.4 Å². The van der Waals surface area contributed by atoms with Crippen molar-refractivity contribution in [3.05, 3.63) is 70.6 Å². The lowest BCUT2D eigenvalue weighted by Crippen LogP contribution is -2.21. The summed E-state index contributed by atoms with van der Waals surface area (Å²) in [5, 5.41) is 3.20. The minimum Gasteiger partial charge on any atom is -0.483 e. The first-order valence-corrected chi connectivity index (χ1v) is 12.2. The van der Waals surface area contributed by atoms with Gasteiger partial charge in [-0.2, -0.15) is 0 Å². The molecule has 1 N–H and O–H groups in total. The van der Waals surface area contributed by atoms with Crippen LogP contribution in [0.3, 0.4) is 0 Å². The van der Waals surface area contributed by atoms with Crippen LogP contribution in [0.25, 0.3) is 0 Å². The van der Waals surface area contributed by atoms with Gasteiger partial charge in [0.1, 0.15) is 15.6 Å². The fraction of sp³-hybridized carbons (Fsp3) is 0.261. The number of sulfone groups is 1. The van der Waals surface area contributed by atoms with Crippen LogP contribution in [-0.2, 0) is 27.5 Å². The Hall–Kier alpha value is -2.64. The zero-order chi connectivity index (χ0) is 21.1. The number of hydrogen-bond donors (Lipinski definition) is 1. The van der Waals surface area contributed by atoms with E-state index in [1.807, 2.05) is 25.1 Å². The van der Waals surface area contributed by atoms with Crippen LogP contribution in [0.5, 0.6) is 5.75 Å². The maximum Gasteiger partial charge on any atom is 0.262 e. The second-order valence-corrected chi connectivity index (χ2v) is 10.3. The normalized spacial score (nSPS) is 13.5. The number of amides is 1. The molecule has 1 heterocycles. The van der Waals surface area contributed by atoms with Crippen LogP contribution in [-0.4, -0.2) is 20.9 Å². The molecule has 7 heteroatoms. The Morgan fingerprint density at radius 3 is 2.50 bits per heavy atom. The Morgan fingerprint density at radius 1 is 1.03 bits per heavy atom. The number of carbonyl (C=O) groups excluding carboxylic acids is 1. The largest absolute Gasteiger partial charge is 0.483 e. The Balaban J connectivity index is 1.63. The summed E-state index contributed by atoms with van der Waals surface area (Å²) in [5.41, 5.74) is 1.79. The maximum atomic E-state index is 13.4. The number of rotatable bonds is 6. The highest BCUT2D eigenvalue weighted by Gasteiger charge is 2.31. The van der Waals surface area contributed by atoms with Crippen LogP contribution in [0.4, 0.5) is 5.00 Å². The third-order valence-corrected chi connectivity index (χ3v) is 8.37. The molecule has 1 aromatic heterocycles. The number of ether oxygens (including phenoxy) is 1. The van der Waals surface area contributed by atoms with E-state index >= 15 is 0 Å². The molecular weight excluding hydrogens is 418 g/mol. The van der Waals surface area contributed by atoms with Gasteiger partial charge in [0, 0.05) is 4.88 Å². The highest BCUT2D eigenvalue weighted by Crippen LogP contribution is 2.43. The second-order valence-electron chi connectivity index (χ2n) is 7.29. The molecule has 0 saturated carbocycles. The lowest BCUT2D eigenvalue weighted by molar-refractivity contribution is -0.118. The van der Waals surface area contributed by atoms with Gasteiger partial charge in [-0.15, -0.1) is 11.3 Å². The summed E-state index contributed by atoms with van der Waals surface area (Å²) in [4.78, 5) is 14.1. The van der Waals surface area contributed by atoms with Crippen molar-refractivity contribution in [3.8, 4) is 5.75 Å². The van der Waals surface area contributed by atoms with Gasteiger partial charge in [0.2, 0.25) is 9.84 Å². The van der Waals surface area contributed by atoms with E-state index in [2.05, 4.69) is 5.32 Å². The van der Waals surface area contributed by atoms with E-state index in [1.165, 1.54) is 11.3 Å². The highest BCUT2D eigenvalue weighted by molar-refractivity contribution is 7.92. The first kappa shape index (κ1) is 20.6. The number of para-hydroxylation sites is 1. The third kappa shape index (κ3) is 4.13. The zero-order valence-electron chi connectivity index (χ0n) is 16.7. The zero-order valence-corrected chi connectivity index (χ0v) is 18.3. The topological polar surface area (TPSA) is 72.5 Å². The van der Waals surface area contributed by atoms with Gasteiger partial charge in [0.15, 0.2) is 6.61 Å². The van der Waals surface area contributed by atoms with Gasteiger partial charge in [-0.25, -0.2) is 8.42 Å². The van der Waals surface area contributed by atoms with Crippen molar-refractivity contribution in [2.45, 2.75) is 42.4 Å². The number of anilines is 1. The van der Waals surface area contributed by atoms with Gasteiger partial charge >= 0.3 is 0 Å². The molecule has 5 nitrogen and oxygen atoms in total. The molecule has 2 aromatic carbocycles. The molecule has 1 aliphatic carbocycles. The molecule has 0 spiro atoms.